The Bertz CT molecular complexity index is 461. The molecule has 1 unspecified atom stereocenters. The molecule has 1 aromatic rings. The fourth-order valence-electron chi connectivity index (χ4n) is 2.30. The molecule has 0 saturated carbocycles. The van der Waals surface area contributed by atoms with Crippen LogP contribution in [0.15, 0.2) is 29.2 Å². The second kappa shape index (κ2) is 5.67. The molecule has 96 valence electrons. The van der Waals surface area contributed by atoms with E-state index in [1.54, 1.807) is 0 Å². The summed E-state index contributed by atoms with van der Waals surface area (Å²) in [6.07, 6.45) is 5.09. The van der Waals surface area contributed by atoms with Gasteiger partial charge in [-0.25, -0.2) is 9.59 Å². The molecule has 0 spiro atoms. The van der Waals surface area contributed by atoms with E-state index in [-0.39, 0.29) is 9.72 Å². The summed E-state index contributed by atoms with van der Waals surface area (Å²) < 4.78 is -0.134. The summed E-state index contributed by atoms with van der Waals surface area (Å²) in [5, 5.41) is -0.0669. The first kappa shape index (κ1) is 13.3. The topological polar surface area (TPSA) is 34.1 Å². The van der Waals surface area contributed by atoms with Crippen molar-refractivity contribution in [3.8, 4) is 0 Å². The van der Waals surface area contributed by atoms with Gasteiger partial charge in [0.1, 0.15) is 0 Å². The molecule has 1 heterocycles. The number of rotatable bonds is 6. The molecule has 1 aromatic carbocycles. The maximum Gasteiger partial charge on any atom is 0.392 e. The van der Waals surface area contributed by atoms with Crippen LogP contribution in [-0.2, 0) is 4.79 Å². The Morgan fingerprint density at radius 3 is 2.72 bits per heavy atom. The monoisotopic (exact) mass is 264 g/mol. The average molecular weight is 264 g/mol. The molecule has 0 aromatic heterocycles. The summed E-state index contributed by atoms with van der Waals surface area (Å²) in [7, 11) is 0. The molecule has 1 aliphatic rings. The smallest absolute Gasteiger partial charge is 0.233 e. The van der Waals surface area contributed by atoms with Gasteiger partial charge in [-0.15, -0.1) is 0 Å². The van der Waals surface area contributed by atoms with Gasteiger partial charge in [0.05, 0.1) is 11.4 Å². The van der Waals surface area contributed by atoms with Crippen LogP contribution in [0, 0.1) is 0 Å². The van der Waals surface area contributed by atoms with Crippen molar-refractivity contribution in [3.63, 3.8) is 0 Å². The van der Waals surface area contributed by atoms with Crippen molar-refractivity contribution in [1.29, 1.82) is 0 Å². The van der Waals surface area contributed by atoms with Gasteiger partial charge >= 0.3 is 11.6 Å². The first-order valence-corrected chi connectivity index (χ1v) is 7.22. The maximum absolute atomic E-state index is 12.2. The molecule has 2 rings (SSSR count). The van der Waals surface area contributed by atoms with Crippen molar-refractivity contribution in [1.82, 2.24) is 4.48 Å². The molecule has 1 aliphatic heterocycles. The van der Waals surface area contributed by atoms with Crippen LogP contribution in [-0.4, -0.2) is 18.2 Å². The molecule has 2 amide bonds. The van der Waals surface area contributed by atoms with Crippen LogP contribution in [0.5, 0.6) is 0 Å². The maximum atomic E-state index is 12.2. The van der Waals surface area contributed by atoms with Gasteiger partial charge in [-0.3, -0.25) is 0 Å². The Kier molecular flexibility index (Phi) is 4.19. The Morgan fingerprint density at radius 2 is 2.00 bits per heavy atom. The number of thioether (sulfide) groups is 1. The fraction of sp³-hybridized carbons (Fsp3) is 0.429. The molecule has 1 atom stereocenters. The van der Waals surface area contributed by atoms with E-state index in [2.05, 4.69) is 6.92 Å². The van der Waals surface area contributed by atoms with E-state index in [9.17, 15) is 9.59 Å². The Labute approximate surface area is 112 Å². The zero-order valence-corrected chi connectivity index (χ0v) is 11.4. The summed E-state index contributed by atoms with van der Waals surface area (Å²) in [4.78, 5) is 24.6. The minimum Gasteiger partial charge on any atom is -0.233 e. The van der Waals surface area contributed by atoms with Gasteiger partial charge in [0.25, 0.3) is 0 Å². The van der Waals surface area contributed by atoms with Gasteiger partial charge in [0.15, 0.2) is 5.69 Å². The Morgan fingerprint density at radius 1 is 1.22 bits per heavy atom. The number of imide groups is 1. The minimum absolute atomic E-state index is 0.0669. The lowest BCUT2D eigenvalue weighted by molar-refractivity contribution is -0.114. The van der Waals surface area contributed by atoms with Gasteiger partial charge in [0, 0.05) is 17.8 Å². The summed E-state index contributed by atoms with van der Waals surface area (Å²) >= 11 is 1.19. The number of benzene rings is 1. The van der Waals surface area contributed by atoms with Crippen LogP contribution in [0.1, 0.15) is 32.6 Å². The highest BCUT2D eigenvalue weighted by molar-refractivity contribution is 8.14. The van der Waals surface area contributed by atoms with Crippen LogP contribution in [0.3, 0.4) is 0 Å². The van der Waals surface area contributed by atoms with Crippen molar-refractivity contribution in [3.05, 3.63) is 24.3 Å². The molecule has 18 heavy (non-hydrogen) atoms. The number of quaternary nitrogens is 1. The molecule has 0 saturated heterocycles. The van der Waals surface area contributed by atoms with Gasteiger partial charge in [-0.1, -0.05) is 31.9 Å². The number of para-hydroxylation sites is 1. The number of hydrogen-bond acceptors (Lipinski definition) is 3. The van der Waals surface area contributed by atoms with Gasteiger partial charge in [-0.2, -0.15) is 4.48 Å². The predicted molar refractivity (Wildman–Crippen MR) is 74.6 cm³/mol. The van der Waals surface area contributed by atoms with Crippen molar-refractivity contribution in [2.45, 2.75) is 37.5 Å². The summed E-state index contributed by atoms with van der Waals surface area (Å²) in [6.45, 7) is 2.74. The number of amides is 2. The molecule has 0 bridgehead atoms. The number of hydrogen-bond donors (Lipinski definition) is 0. The quantitative estimate of drug-likeness (QED) is 0.443. The SMILES string of the molecule is CCCCCC[N+]1(C=O)C(=O)Sc2ccccc21. The first-order chi connectivity index (χ1) is 8.74. The van der Waals surface area contributed by atoms with Crippen LogP contribution in [0.2, 0.25) is 0 Å². The van der Waals surface area contributed by atoms with E-state index in [1.807, 2.05) is 24.3 Å². The second-order valence-electron chi connectivity index (χ2n) is 4.59. The van der Waals surface area contributed by atoms with Crippen LogP contribution < -0.4 is 4.48 Å². The van der Waals surface area contributed by atoms with Crippen molar-refractivity contribution in [2.75, 3.05) is 6.54 Å². The molecule has 0 radical (unpaired) electrons. The van der Waals surface area contributed by atoms with Gasteiger partial charge in [0.2, 0.25) is 0 Å². The number of nitrogens with zero attached hydrogens (tertiary/aromatic N) is 1. The summed E-state index contributed by atoms with van der Waals surface area (Å²) in [6, 6.07) is 7.59. The van der Waals surface area contributed by atoms with E-state index >= 15 is 0 Å². The van der Waals surface area contributed by atoms with E-state index in [0.717, 1.165) is 42.7 Å². The van der Waals surface area contributed by atoms with Crippen LogP contribution in [0.25, 0.3) is 0 Å². The lowest BCUT2D eigenvalue weighted by Crippen LogP contribution is -2.49. The largest absolute Gasteiger partial charge is 0.392 e. The third-order valence-electron chi connectivity index (χ3n) is 3.36. The first-order valence-electron chi connectivity index (χ1n) is 6.40. The third-order valence-corrected chi connectivity index (χ3v) is 4.43. The average Bonchev–Trinajstić information content (AvgIpc) is 2.68. The zero-order chi connectivity index (χ0) is 13.0. The fourth-order valence-corrected chi connectivity index (χ4v) is 3.37. The predicted octanol–water partition coefficient (Wildman–Crippen LogP) is 3.96. The van der Waals surface area contributed by atoms with Crippen LogP contribution in [0.4, 0.5) is 10.5 Å². The highest BCUT2D eigenvalue weighted by Crippen LogP contribution is 2.44. The lowest BCUT2D eigenvalue weighted by atomic mass is 10.1. The summed E-state index contributed by atoms with van der Waals surface area (Å²) in [5.41, 5.74) is 0.846. The highest BCUT2D eigenvalue weighted by atomic mass is 32.2. The minimum atomic E-state index is -0.134. The normalized spacial score (nSPS) is 21.9. The standard InChI is InChI=1S/C14H18NO2S/c1-2-3-4-7-10-15(11-16)12-8-5-6-9-13(12)18-14(15)17/h5-6,8-9,11H,2-4,7,10H2,1H3/q+1. The number of carbonyl (C=O) groups is 2. The van der Waals surface area contributed by atoms with Crippen LogP contribution >= 0.6 is 11.8 Å². The molecular formula is C14H18NO2S+. The van der Waals surface area contributed by atoms with Crippen molar-refractivity contribution < 1.29 is 9.59 Å². The van der Waals surface area contributed by atoms with E-state index in [4.69, 9.17) is 0 Å². The molecular weight excluding hydrogens is 246 g/mol. The molecule has 0 fully saturated rings. The second-order valence-corrected chi connectivity index (χ2v) is 5.59. The molecule has 4 heteroatoms. The molecule has 0 aliphatic carbocycles. The number of fused-ring (bicyclic) bond motifs is 1. The Balaban J connectivity index is 2.21. The number of carbonyl (C=O) groups excluding carboxylic acids is 2. The molecule has 0 N–H and O–H groups in total. The van der Waals surface area contributed by atoms with Crippen molar-refractivity contribution >= 4 is 29.1 Å². The molecule has 3 nitrogen and oxygen atoms in total. The Hall–Kier alpha value is -1.13. The third kappa shape index (κ3) is 2.22. The number of unbranched alkanes of at least 4 members (excludes halogenated alkanes) is 3. The van der Waals surface area contributed by atoms with Gasteiger partial charge < -0.3 is 0 Å². The van der Waals surface area contributed by atoms with E-state index in [0.29, 0.717) is 6.54 Å². The van der Waals surface area contributed by atoms with Crippen molar-refractivity contribution in [2.24, 2.45) is 0 Å². The lowest BCUT2D eigenvalue weighted by Gasteiger charge is -2.23. The van der Waals surface area contributed by atoms with Gasteiger partial charge in [-0.05, 0) is 18.9 Å². The zero-order valence-electron chi connectivity index (χ0n) is 10.6. The highest BCUT2D eigenvalue weighted by Gasteiger charge is 2.47. The summed E-state index contributed by atoms with van der Waals surface area (Å²) in [5.74, 6) is 0. The van der Waals surface area contributed by atoms with E-state index < -0.39 is 0 Å². The van der Waals surface area contributed by atoms with E-state index in [1.165, 1.54) is 11.8 Å².